The smallest absolute Gasteiger partial charge is 0.233 e. The average molecular weight is 372 g/mol. The molecular weight excluding hydrogens is 342 g/mol. The largest absolute Gasteiger partial charge is 0.492 e. The van der Waals surface area contributed by atoms with Gasteiger partial charge in [-0.15, -0.1) is 11.8 Å². The molecule has 0 fully saturated rings. The van der Waals surface area contributed by atoms with Crippen LogP contribution in [0.1, 0.15) is 38.8 Å². The van der Waals surface area contributed by atoms with Crippen LogP contribution in [0.4, 0.5) is 0 Å². The number of amides is 1. The lowest BCUT2D eigenvalue weighted by molar-refractivity contribution is -0.120. The number of carbonyl (C=O) groups is 1. The minimum absolute atomic E-state index is 0.0299. The summed E-state index contributed by atoms with van der Waals surface area (Å²) in [6.07, 6.45) is 0. The topological polar surface area (TPSA) is 38.3 Å². The Morgan fingerprint density at radius 1 is 1.08 bits per heavy atom. The third-order valence-electron chi connectivity index (χ3n) is 4.09. The Morgan fingerprint density at radius 2 is 1.69 bits per heavy atom. The summed E-state index contributed by atoms with van der Waals surface area (Å²) in [5.41, 5.74) is 2.64. The zero-order valence-electron chi connectivity index (χ0n) is 16.3. The second kappa shape index (κ2) is 9.13. The number of aryl methyl sites for hydroxylation is 1. The van der Waals surface area contributed by atoms with Crippen molar-refractivity contribution in [3.05, 3.63) is 59.7 Å². The number of thioether (sulfide) groups is 1. The van der Waals surface area contributed by atoms with E-state index in [0.717, 1.165) is 10.6 Å². The molecular formula is C22H29NO2S. The van der Waals surface area contributed by atoms with E-state index in [2.05, 4.69) is 57.3 Å². The molecule has 4 heteroatoms. The van der Waals surface area contributed by atoms with Gasteiger partial charge < -0.3 is 10.1 Å². The molecule has 0 heterocycles. The first-order valence-electron chi connectivity index (χ1n) is 9.00. The van der Waals surface area contributed by atoms with Gasteiger partial charge in [0.1, 0.15) is 12.4 Å². The molecule has 2 aromatic carbocycles. The Labute approximate surface area is 161 Å². The Balaban J connectivity index is 1.71. The number of carbonyl (C=O) groups excluding carboxylic acids is 1. The first kappa shape index (κ1) is 20.4. The fourth-order valence-corrected chi connectivity index (χ4v) is 3.30. The van der Waals surface area contributed by atoms with Crippen molar-refractivity contribution in [1.82, 2.24) is 5.32 Å². The molecule has 0 aromatic heterocycles. The number of hydrogen-bond acceptors (Lipinski definition) is 3. The molecule has 0 bridgehead atoms. The number of nitrogens with one attached hydrogen (secondary N) is 1. The van der Waals surface area contributed by atoms with Gasteiger partial charge in [0.2, 0.25) is 5.91 Å². The SMILES string of the molecule is Cc1ccc(S[C@@H](C)C(=O)NCCOc2ccc(C(C)(C)C)cc2)cc1. The molecule has 3 nitrogen and oxygen atoms in total. The van der Waals surface area contributed by atoms with Crippen molar-refractivity contribution in [2.45, 2.75) is 50.2 Å². The van der Waals surface area contributed by atoms with Crippen molar-refractivity contribution in [2.24, 2.45) is 0 Å². The Morgan fingerprint density at radius 3 is 2.27 bits per heavy atom. The van der Waals surface area contributed by atoms with E-state index in [9.17, 15) is 4.79 Å². The summed E-state index contributed by atoms with van der Waals surface area (Å²) >= 11 is 1.57. The standard InChI is InChI=1S/C22H29NO2S/c1-16-6-12-20(13-7-16)26-17(2)21(24)23-14-15-25-19-10-8-18(9-11-19)22(3,4)5/h6-13,17H,14-15H2,1-5H3,(H,23,24)/t17-/m0/s1. The number of hydrogen-bond donors (Lipinski definition) is 1. The highest BCUT2D eigenvalue weighted by atomic mass is 32.2. The molecule has 26 heavy (non-hydrogen) atoms. The maximum Gasteiger partial charge on any atom is 0.233 e. The quantitative estimate of drug-likeness (QED) is 0.552. The molecule has 2 aromatic rings. The second-order valence-electron chi connectivity index (χ2n) is 7.49. The van der Waals surface area contributed by atoms with E-state index in [1.165, 1.54) is 11.1 Å². The number of rotatable bonds is 7. The molecule has 0 saturated heterocycles. The molecule has 0 aliphatic rings. The summed E-state index contributed by atoms with van der Waals surface area (Å²) in [4.78, 5) is 13.3. The maximum absolute atomic E-state index is 12.2. The van der Waals surface area contributed by atoms with Gasteiger partial charge in [-0.3, -0.25) is 4.79 Å². The lowest BCUT2D eigenvalue weighted by atomic mass is 9.87. The normalized spacial score (nSPS) is 12.5. The van der Waals surface area contributed by atoms with Gasteiger partial charge in [-0.05, 0) is 49.1 Å². The number of benzene rings is 2. The molecule has 1 atom stereocenters. The van der Waals surface area contributed by atoms with Crippen molar-refractivity contribution in [1.29, 1.82) is 0 Å². The zero-order chi connectivity index (χ0) is 19.2. The van der Waals surface area contributed by atoms with Crippen LogP contribution < -0.4 is 10.1 Å². The highest BCUT2D eigenvalue weighted by molar-refractivity contribution is 8.00. The first-order chi connectivity index (χ1) is 12.3. The van der Waals surface area contributed by atoms with E-state index >= 15 is 0 Å². The zero-order valence-corrected chi connectivity index (χ0v) is 17.2. The van der Waals surface area contributed by atoms with Crippen molar-refractivity contribution in [2.75, 3.05) is 13.2 Å². The van der Waals surface area contributed by atoms with Crippen LogP contribution in [-0.4, -0.2) is 24.3 Å². The summed E-state index contributed by atoms with van der Waals surface area (Å²) < 4.78 is 5.71. The maximum atomic E-state index is 12.2. The Bertz CT molecular complexity index is 702. The number of ether oxygens (including phenoxy) is 1. The van der Waals surface area contributed by atoms with Crippen LogP contribution in [0, 0.1) is 6.92 Å². The van der Waals surface area contributed by atoms with Gasteiger partial charge in [0.05, 0.1) is 11.8 Å². The Hall–Kier alpha value is -1.94. The molecule has 0 spiro atoms. The third-order valence-corrected chi connectivity index (χ3v) is 5.21. The molecule has 2 rings (SSSR count). The Kier molecular flexibility index (Phi) is 7.15. The van der Waals surface area contributed by atoms with Crippen LogP contribution in [-0.2, 0) is 10.2 Å². The van der Waals surface area contributed by atoms with Gasteiger partial charge in [0.25, 0.3) is 0 Å². The summed E-state index contributed by atoms with van der Waals surface area (Å²) in [6.45, 7) is 11.5. The van der Waals surface area contributed by atoms with Crippen molar-refractivity contribution in [3.63, 3.8) is 0 Å². The lowest BCUT2D eigenvalue weighted by Gasteiger charge is -2.19. The average Bonchev–Trinajstić information content (AvgIpc) is 2.60. The van der Waals surface area contributed by atoms with Crippen LogP contribution in [0.25, 0.3) is 0 Å². The fraction of sp³-hybridized carbons (Fsp3) is 0.409. The van der Waals surface area contributed by atoms with E-state index in [-0.39, 0.29) is 16.6 Å². The molecule has 0 saturated carbocycles. The minimum Gasteiger partial charge on any atom is -0.492 e. The second-order valence-corrected chi connectivity index (χ2v) is 8.90. The minimum atomic E-state index is -0.135. The highest BCUT2D eigenvalue weighted by Gasteiger charge is 2.14. The van der Waals surface area contributed by atoms with Crippen LogP contribution in [0.5, 0.6) is 5.75 Å². The lowest BCUT2D eigenvalue weighted by Crippen LogP contribution is -2.33. The summed E-state index contributed by atoms with van der Waals surface area (Å²) in [5, 5.41) is 2.80. The van der Waals surface area contributed by atoms with E-state index in [0.29, 0.717) is 13.2 Å². The molecule has 0 aliphatic heterocycles. The molecule has 1 N–H and O–H groups in total. The first-order valence-corrected chi connectivity index (χ1v) is 9.88. The van der Waals surface area contributed by atoms with Crippen LogP contribution in [0.15, 0.2) is 53.4 Å². The van der Waals surface area contributed by atoms with Crippen LogP contribution >= 0.6 is 11.8 Å². The van der Waals surface area contributed by atoms with Gasteiger partial charge in [0, 0.05) is 4.90 Å². The summed E-state index contributed by atoms with van der Waals surface area (Å²) in [5.74, 6) is 0.858. The van der Waals surface area contributed by atoms with E-state index in [1.54, 1.807) is 11.8 Å². The third kappa shape index (κ3) is 6.41. The van der Waals surface area contributed by atoms with Gasteiger partial charge in [-0.1, -0.05) is 50.6 Å². The van der Waals surface area contributed by atoms with E-state index in [4.69, 9.17) is 4.74 Å². The summed E-state index contributed by atoms with van der Waals surface area (Å²) in [7, 11) is 0. The predicted molar refractivity (Wildman–Crippen MR) is 110 cm³/mol. The van der Waals surface area contributed by atoms with E-state index < -0.39 is 0 Å². The van der Waals surface area contributed by atoms with Gasteiger partial charge in [0.15, 0.2) is 0 Å². The van der Waals surface area contributed by atoms with Gasteiger partial charge >= 0.3 is 0 Å². The van der Waals surface area contributed by atoms with Crippen LogP contribution in [0.2, 0.25) is 0 Å². The van der Waals surface area contributed by atoms with Crippen molar-refractivity contribution in [3.8, 4) is 5.75 Å². The fourth-order valence-electron chi connectivity index (χ4n) is 2.41. The molecule has 0 radical (unpaired) electrons. The monoisotopic (exact) mass is 371 g/mol. The van der Waals surface area contributed by atoms with Gasteiger partial charge in [-0.2, -0.15) is 0 Å². The van der Waals surface area contributed by atoms with Gasteiger partial charge in [-0.25, -0.2) is 0 Å². The molecule has 1 amide bonds. The van der Waals surface area contributed by atoms with Crippen molar-refractivity contribution >= 4 is 17.7 Å². The molecule has 0 unspecified atom stereocenters. The highest BCUT2D eigenvalue weighted by Crippen LogP contribution is 2.24. The molecule has 140 valence electrons. The van der Waals surface area contributed by atoms with E-state index in [1.807, 2.05) is 31.2 Å². The summed E-state index contributed by atoms with van der Waals surface area (Å²) in [6, 6.07) is 16.4. The predicted octanol–water partition coefficient (Wildman–Crippen LogP) is 4.97. The molecule has 0 aliphatic carbocycles. The van der Waals surface area contributed by atoms with Crippen LogP contribution in [0.3, 0.4) is 0 Å². The van der Waals surface area contributed by atoms with Crippen molar-refractivity contribution < 1.29 is 9.53 Å².